The molecule has 0 aromatic carbocycles. The standard InChI is InChI=1S/C9H16F4O/c1-2-3-4-5-6-7(14)9(12,13)8(10)11/h7-8,14H,2-6H2,1H3. The Morgan fingerprint density at radius 3 is 2.14 bits per heavy atom. The summed E-state index contributed by atoms with van der Waals surface area (Å²) in [5.41, 5.74) is 0. The second kappa shape index (κ2) is 6.22. The fourth-order valence-corrected chi connectivity index (χ4v) is 1.10. The maximum Gasteiger partial charge on any atom is 0.332 e. The number of rotatable bonds is 7. The predicted molar refractivity (Wildman–Crippen MR) is 45.7 cm³/mol. The van der Waals surface area contributed by atoms with Gasteiger partial charge in [0.1, 0.15) is 6.10 Å². The van der Waals surface area contributed by atoms with Crippen LogP contribution in [0.1, 0.15) is 39.0 Å². The Hall–Kier alpha value is -0.320. The summed E-state index contributed by atoms with van der Waals surface area (Å²) in [6, 6.07) is 0. The summed E-state index contributed by atoms with van der Waals surface area (Å²) in [6.45, 7) is 1.95. The SMILES string of the molecule is CCCCCCC(O)C(F)(F)C(F)F. The number of hydrogen-bond acceptors (Lipinski definition) is 1. The maximum atomic E-state index is 12.4. The molecule has 0 fully saturated rings. The van der Waals surface area contributed by atoms with Crippen molar-refractivity contribution in [2.24, 2.45) is 0 Å². The second-order valence-corrected chi connectivity index (χ2v) is 3.34. The highest BCUT2D eigenvalue weighted by Gasteiger charge is 2.47. The number of aliphatic hydroxyl groups is 1. The zero-order valence-electron chi connectivity index (χ0n) is 8.15. The molecule has 0 aliphatic carbocycles. The van der Waals surface area contributed by atoms with Crippen molar-refractivity contribution in [1.82, 2.24) is 0 Å². The normalized spacial score (nSPS) is 14.8. The number of aliphatic hydroxyl groups excluding tert-OH is 1. The van der Waals surface area contributed by atoms with Gasteiger partial charge in [0.15, 0.2) is 0 Å². The molecule has 1 unspecified atom stereocenters. The van der Waals surface area contributed by atoms with Crippen LogP contribution < -0.4 is 0 Å². The fraction of sp³-hybridized carbons (Fsp3) is 1.00. The van der Waals surface area contributed by atoms with Gasteiger partial charge in [-0.3, -0.25) is 0 Å². The van der Waals surface area contributed by atoms with Gasteiger partial charge < -0.3 is 5.11 Å². The van der Waals surface area contributed by atoms with Crippen molar-refractivity contribution in [3.8, 4) is 0 Å². The van der Waals surface area contributed by atoms with E-state index in [2.05, 4.69) is 0 Å². The molecule has 0 heterocycles. The van der Waals surface area contributed by atoms with Crippen molar-refractivity contribution < 1.29 is 22.7 Å². The van der Waals surface area contributed by atoms with Crippen molar-refractivity contribution >= 4 is 0 Å². The molecule has 1 nitrogen and oxygen atoms in total. The van der Waals surface area contributed by atoms with E-state index in [4.69, 9.17) is 5.11 Å². The maximum absolute atomic E-state index is 12.4. The van der Waals surface area contributed by atoms with E-state index in [0.29, 0.717) is 12.8 Å². The number of alkyl halides is 4. The van der Waals surface area contributed by atoms with Crippen LogP contribution in [0.25, 0.3) is 0 Å². The summed E-state index contributed by atoms with van der Waals surface area (Å²) in [4.78, 5) is 0. The Morgan fingerprint density at radius 1 is 1.14 bits per heavy atom. The first kappa shape index (κ1) is 13.7. The van der Waals surface area contributed by atoms with Gasteiger partial charge in [0, 0.05) is 0 Å². The Balaban J connectivity index is 3.77. The van der Waals surface area contributed by atoms with E-state index >= 15 is 0 Å². The molecule has 0 aromatic heterocycles. The smallest absolute Gasteiger partial charge is 0.332 e. The van der Waals surface area contributed by atoms with Gasteiger partial charge in [0.25, 0.3) is 0 Å². The Morgan fingerprint density at radius 2 is 1.71 bits per heavy atom. The minimum atomic E-state index is -4.27. The van der Waals surface area contributed by atoms with Crippen LogP contribution in [0.5, 0.6) is 0 Å². The molecule has 0 aliphatic rings. The monoisotopic (exact) mass is 216 g/mol. The molecule has 0 amide bonds. The van der Waals surface area contributed by atoms with E-state index < -0.39 is 18.5 Å². The van der Waals surface area contributed by atoms with Crippen molar-refractivity contribution in [3.63, 3.8) is 0 Å². The van der Waals surface area contributed by atoms with Gasteiger partial charge in [-0.1, -0.05) is 32.6 Å². The lowest BCUT2D eigenvalue weighted by Gasteiger charge is -2.21. The molecule has 1 N–H and O–H groups in total. The number of hydrogen-bond donors (Lipinski definition) is 1. The molecule has 0 aromatic rings. The molecule has 0 aliphatic heterocycles. The van der Waals surface area contributed by atoms with Gasteiger partial charge in [-0.05, 0) is 6.42 Å². The Bertz CT molecular complexity index is 150. The van der Waals surface area contributed by atoms with Crippen LogP contribution in [0.4, 0.5) is 17.6 Å². The largest absolute Gasteiger partial charge is 0.387 e. The predicted octanol–water partition coefficient (Wildman–Crippen LogP) is 3.22. The topological polar surface area (TPSA) is 20.2 Å². The second-order valence-electron chi connectivity index (χ2n) is 3.34. The van der Waals surface area contributed by atoms with E-state index in [1.54, 1.807) is 0 Å². The highest BCUT2D eigenvalue weighted by Crippen LogP contribution is 2.29. The third kappa shape index (κ3) is 4.26. The first-order valence-corrected chi connectivity index (χ1v) is 4.77. The Labute approximate surface area is 81.1 Å². The molecule has 14 heavy (non-hydrogen) atoms. The minimum Gasteiger partial charge on any atom is -0.387 e. The lowest BCUT2D eigenvalue weighted by Crippen LogP contribution is -2.40. The highest BCUT2D eigenvalue weighted by atomic mass is 19.3. The molecule has 86 valence electrons. The molecular formula is C9H16F4O. The van der Waals surface area contributed by atoms with Crippen LogP contribution in [0.15, 0.2) is 0 Å². The van der Waals surface area contributed by atoms with Gasteiger partial charge in [-0.25, -0.2) is 8.78 Å². The van der Waals surface area contributed by atoms with E-state index in [1.165, 1.54) is 0 Å². The highest BCUT2D eigenvalue weighted by molar-refractivity contribution is 4.78. The lowest BCUT2D eigenvalue weighted by atomic mass is 10.0. The minimum absolute atomic E-state index is 0.267. The lowest BCUT2D eigenvalue weighted by molar-refractivity contribution is -0.193. The number of unbranched alkanes of at least 4 members (excludes halogenated alkanes) is 3. The van der Waals surface area contributed by atoms with E-state index in [1.807, 2.05) is 6.92 Å². The zero-order chi connectivity index (χ0) is 11.2. The van der Waals surface area contributed by atoms with Crippen LogP contribution in [0.3, 0.4) is 0 Å². The van der Waals surface area contributed by atoms with E-state index in [9.17, 15) is 17.6 Å². The van der Waals surface area contributed by atoms with Crippen LogP contribution in [-0.4, -0.2) is 23.6 Å². The van der Waals surface area contributed by atoms with Gasteiger partial charge in [0.2, 0.25) is 0 Å². The summed E-state index contributed by atoms with van der Waals surface area (Å²) in [7, 11) is 0. The first-order valence-electron chi connectivity index (χ1n) is 4.77. The Kier molecular flexibility index (Phi) is 6.08. The summed E-state index contributed by atoms with van der Waals surface area (Å²) in [5.74, 6) is -4.27. The average molecular weight is 216 g/mol. The van der Waals surface area contributed by atoms with Crippen molar-refractivity contribution in [1.29, 1.82) is 0 Å². The van der Waals surface area contributed by atoms with Gasteiger partial charge in [0.05, 0.1) is 0 Å². The van der Waals surface area contributed by atoms with Gasteiger partial charge in [-0.2, -0.15) is 8.78 Å². The fourth-order valence-electron chi connectivity index (χ4n) is 1.10. The molecule has 1 atom stereocenters. The summed E-state index contributed by atoms with van der Waals surface area (Å²) in [5, 5.41) is 8.82. The molecule has 0 spiro atoms. The quantitative estimate of drug-likeness (QED) is 0.511. The van der Waals surface area contributed by atoms with E-state index in [0.717, 1.165) is 12.8 Å². The van der Waals surface area contributed by atoms with Crippen LogP contribution in [0, 0.1) is 0 Å². The van der Waals surface area contributed by atoms with Gasteiger partial charge >= 0.3 is 12.3 Å². The molecule has 0 rings (SSSR count). The van der Waals surface area contributed by atoms with Crippen molar-refractivity contribution in [2.75, 3.05) is 0 Å². The van der Waals surface area contributed by atoms with Gasteiger partial charge in [-0.15, -0.1) is 0 Å². The molecule has 0 saturated heterocycles. The summed E-state index contributed by atoms with van der Waals surface area (Å²) in [6.07, 6.45) is -3.43. The summed E-state index contributed by atoms with van der Waals surface area (Å²) < 4.78 is 48.4. The molecule has 0 radical (unpaired) electrons. The van der Waals surface area contributed by atoms with Crippen LogP contribution in [-0.2, 0) is 0 Å². The molecule has 5 heteroatoms. The molecular weight excluding hydrogens is 200 g/mol. The third-order valence-corrected chi connectivity index (χ3v) is 2.07. The first-order chi connectivity index (χ1) is 6.42. The van der Waals surface area contributed by atoms with E-state index in [-0.39, 0.29) is 6.42 Å². The average Bonchev–Trinajstić information content (AvgIpc) is 2.11. The molecule has 0 saturated carbocycles. The van der Waals surface area contributed by atoms with Crippen molar-refractivity contribution in [2.45, 2.75) is 57.5 Å². The summed E-state index contributed by atoms with van der Waals surface area (Å²) >= 11 is 0. The zero-order valence-corrected chi connectivity index (χ0v) is 8.15. The molecule has 0 bridgehead atoms. The van der Waals surface area contributed by atoms with Crippen LogP contribution in [0.2, 0.25) is 0 Å². The third-order valence-electron chi connectivity index (χ3n) is 2.07. The van der Waals surface area contributed by atoms with Crippen molar-refractivity contribution in [3.05, 3.63) is 0 Å². The number of halogens is 4. The van der Waals surface area contributed by atoms with Crippen LogP contribution >= 0.6 is 0 Å².